The van der Waals surface area contributed by atoms with E-state index in [9.17, 15) is 9.18 Å². The Kier molecular flexibility index (Phi) is 5.47. The minimum Gasteiger partial charge on any atom is -0.444 e. The summed E-state index contributed by atoms with van der Waals surface area (Å²) in [7, 11) is 1.83. The van der Waals surface area contributed by atoms with Gasteiger partial charge in [-0.3, -0.25) is 5.32 Å². The molecule has 150 valence electrons. The number of benzene rings is 2. The second-order valence-electron chi connectivity index (χ2n) is 6.51. The normalized spacial score (nSPS) is 10.6. The predicted molar refractivity (Wildman–Crippen MR) is 110 cm³/mol. The number of amides is 1. The zero-order valence-corrected chi connectivity index (χ0v) is 16.1. The molecule has 2 aromatic carbocycles. The molecule has 7 nitrogen and oxygen atoms in total. The predicted octanol–water partition coefficient (Wildman–Crippen LogP) is 4.43. The van der Waals surface area contributed by atoms with E-state index in [1.54, 1.807) is 29.1 Å². The lowest BCUT2D eigenvalue weighted by Gasteiger charge is -2.09. The third-order valence-corrected chi connectivity index (χ3v) is 4.38. The summed E-state index contributed by atoms with van der Waals surface area (Å²) in [5.41, 5.74) is 3.55. The highest BCUT2D eigenvalue weighted by Gasteiger charge is 2.16. The molecule has 0 saturated carbocycles. The molecule has 8 heteroatoms. The number of aryl methyl sites for hydroxylation is 1. The molecule has 0 atom stereocenters. The fourth-order valence-corrected chi connectivity index (χ4v) is 2.95. The Balaban J connectivity index is 1.53. The van der Waals surface area contributed by atoms with Gasteiger partial charge in [-0.05, 0) is 35.9 Å². The monoisotopic (exact) mass is 403 g/mol. The number of aromatic nitrogens is 4. The molecule has 1 N–H and O–H groups in total. The van der Waals surface area contributed by atoms with Crippen LogP contribution < -0.4 is 5.32 Å². The molecule has 0 aliphatic carbocycles. The lowest BCUT2D eigenvalue weighted by molar-refractivity contribution is 0.155. The van der Waals surface area contributed by atoms with Gasteiger partial charge in [0.25, 0.3) is 0 Å². The summed E-state index contributed by atoms with van der Waals surface area (Å²) in [5.74, 6) is -0.212. The summed E-state index contributed by atoms with van der Waals surface area (Å²) in [6, 6.07) is 17.1. The molecule has 0 aliphatic rings. The Hall–Kier alpha value is -4.07. The molecule has 0 radical (unpaired) electrons. The standard InChI is InChI=1S/C22H18FN5O2/c1-28-14-25-19(16-7-9-17(23)10-8-16)20(28)18-11-12-24-21(26-18)27-22(29)30-13-15-5-3-2-4-6-15/h2-12,14H,13H2,1H3,(H,24,26,27,29). The molecule has 2 aromatic heterocycles. The second-order valence-corrected chi connectivity index (χ2v) is 6.51. The smallest absolute Gasteiger partial charge is 0.414 e. The van der Waals surface area contributed by atoms with Crippen molar-refractivity contribution < 1.29 is 13.9 Å². The van der Waals surface area contributed by atoms with Crippen molar-refractivity contribution in [1.82, 2.24) is 19.5 Å². The van der Waals surface area contributed by atoms with Gasteiger partial charge in [-0.25, -0.2) is 24.1 Å². The number of anilines is 1. The van der Waals surface area contributed by atoms with Crippen LogP contribution in [0.15, 0.2) is 73.2 Å². The topological polar surface area (TPSA) is 81.9 Å². The van der Waals surface area contributed by atoms with Crippen LogP contribution in [-0.2, 0) is 18.4 Å². The number of ether oxygens (including phenoxy) is 1. The van der Waals surface area contributed by atoms with Gasteiger partial charge in [-0.15, -0.1) is 0 Å². The first-order valence-corrected chi connectivity index (χ1v) is 9.18. The van der Waals surface area contributed by atoms with Crippen LogP contribution in [-0.4, -0.2) is 25.6 Å². The van der Waals surface area contributed by atoms with Crippen molar-refractivity contribution in [3.05, 3.63) is 84.6 Å². The summed E-state index contributed by atoms with van der Waals surface area (Å²) in [6.45, 7) is 0.142. The zero-order chi connectivity index (χ0) is 20.9. The Bertz CT molecular complexity index is 1160. The molecule has 0 fully saturated rings. The first-order chi connectivity index (χ1) is 14.6. The van der Waals surface area contributed by atoms with E-state index in [0.29, 0.717) is 17.1 Å². The van der Waals surface area contributed by atoms with Gasteiger partial charge in [0, 0.05) is 18.8 Å². The van der Waals surface area contributed by atoms with E-state index in [1.807, 2.05) is 37.4 Å². The van der Waals surface area contributed by atoms with E-state index in [2.05, 4.69) is 20.3 Å². The first kappa shape index (κ1) is 19.3. The summed E-state index contributed by atoms with van der Waals surface area (Å²) in [5, 5.41) is 2.54. The summed E-state index contributed by atoms with van der Waals surface area (Å²) in [6.07, 6.45) is 2.54. The van der Waals surface area contributed by atoms with E-state index < -0.39 is 6.09 Å². The number of carbonyl (C=O) groups excluding carboxylic acids is 1. The number of nitrogens with one attached hydrogen (secondary N) is 1. The molecule has 4 rings (SSSR count). The maximum Gasteiger partial charge on any atom is 0.414 e. The Morgan fingerprint density at radius 1 is 1.07 bits per heavy atom. The van der Waals surface area contributed by atoms with Crippen molar-refractivity contribution in [1.29, 1.82) is 0 Å². The number of hydrogen-bond acceptors (Lipinski definition) is 5. The van der Waals surface area contributed by atoms with Gasteiger partial charge < -0.3 is 9.30 Å². The van der Waals surface area contributed by atoms with Crippen molar-refractivity contribution in [3.8, 4) is 22.6 Å². The van der Waals surface area contributed by atoms with Crippen LogP contribution >= 0.6 is 0 Å². The van der Waals surface area contributed by atoms with Gasteiger partial charge in [0.2, 0.25) is 5.95 Å². The van der Waals surface area contributed by atoms with Crippen LogP contribution in [0.2, 0.25) is 0 Å². The van der Waals surface area contributed by atoms with Crippen molar-refractivity contribution in [2.45, 2.75) is 6.61 Å². The molecule has 0 aliphatic heterocycles. The second kappa shape index (κ2) is 8.52. The molecule has 0 spiro atoms. The fraction of sp³-hybridized carbons (Fsp3) is 0.0909. The molecule has 2 heterocycles. The van der Waals surface area contributed by atoms with Crippen LogP contribution in [0.4, 0.5) is 15.1 Å². The van der Waals surface area contributed by atoms with Crippen molar-refractivity contribution in [2.24, 2.45) is 7.05 Å². The Labute approximate surface area is 172 Å². The lowest BCUT2D eigenvalue weighted by Crippen LogP contribution is -2.15. The van der Waals surface area contributed by atoms with Crippen LogP contribution in [0, 0.1) is 5.82 Å². The average Bonchev–Trinajstić information content (AvgIpc) is 3.15. The Morgan fingerprint density at radius 2 is 1.83 bits per heavy atom. The van der Waals surface area contributed by atoms with Crippen LogP contribution in [0.3, 0.4) is 0 Å². The first-order valence-electron chi connectivity index (χ1n) is 9.18. The molecule has 0 saturated heterocycles. The number of carbonyl (C=O) groups is 1. The van der Waals surface area contributed by atoms with Crippen molar-refractivity contribution in [2.75, 3.05) is 5.32 Å². The SMILES string of the molecule is Cn1cnc(-c2ccc(F)cc2)c1-c1ccnc(NC(=O)OCc2ccccc2)n1. The molecule has 0 unspecified atom stereocenters. The molecular weight excluding hydrogens is 385 g/mol. The lowest BCUT2D eigenvalue weighted by atomic mass is 10.1. The summed E-state index contributed by atoms with van der Waals surface area (Å²) in [4.78, 5) is 25.0. The number of halogens is 1. The highest BCUT2D eigenvalue weighted by atomic mass is 19.1. The number of imidazole rings is 1. The van der Waals surface area contributed by atoms with E-state index in [4.69, 9.17) is 4.74 Å². The van der Waals surface area contributed by atoms with Gasteiger partial charge in [0.1, 0.15) is 12.4 Å². The number of hydrogen-bond donors (Lipinski definition) is 1. The van der Waals surface area contributed by atoms with Crippen LogP contribution in [0.25, 0.3) is 22.6 Å². The zero-order valence-electron chi connectivity index (χ0n) is 16.1. The van der Waals surface area contributed by atoms with E-state index in [0.717, 1.165) is 11.1 Å². The van der Waals surface area contributed by atoms with Gasteiger partial charge in [0.05, 0.1) is 23.4 Å². The van der Waals surface area contributed by atoms with Gasteiger partial charge in [0.15, 0.2) is 0 Å². The van der Waals surface area contributed by atoms with Crippen molar-refractivity contribution >= 4 is 12.0 Å². The van der Waals surface area contributed by atoms with Gasteiger partial charge in [-0.1, -0.05) is 30.3 Å². The van der Waals surface area contributed by atoms with E-state index in [-0.39, 0.29) is 18.4 Å². The minimum atomic E-state index is -0.653. The molecule has 1 amide bonds. The average molecular weight is 403 g/mol. The third-order valence-electron chi connectivity index (χ3n) is 4.38. The van der Waals surface area contributed by atoms with Crippen molar-refractivity contribution in [3.63, 3.8) is 0 Å². The Morgan fingerprint density at radius 3 is 2.60 bits per heavy atom. The van der Waals surface area contributed by atoms with E-state index >= 15 is 0 Å². The molecular formula is C22H18FN5O2. The highest BCUT2D eigenvalue weighted by molar-refractivity contribution is 5.83. The van der Waals surface area contributed by atoms with Crippen LogP contribution in [0.5, 0.6) is 0 Å². The highest BCUT2D eigenvalue weighted by Crippen LogP contribution is 2.29. The molecule has 30 heavy (non-hydrogen) atoms. The number of rotatable bonds is 5. The summed E-state index contributed by atoms with van der Waals surface area (Å²) < 4.78 is 20.3. The molecule has 4 aromatic rings. The summed E-state index contributed by atoms with van der Waals surface area (Å²) >= 11 is 0. The number of nitrogens with zero attached hydrogens (tertiary/aromatic N) is 4. The largest absolute Gasteiger partial charge is 0.444 e. The quantitative estimate of drug-likeness (QED) is 0.533. The van der Waals surface area contributed by atoms with Crippen LogP contribution in [0.1, 0.15) is 5.56 Å². The molecule has 0 bridgehead atoms. The maximum absolute atomic E-state index is 13.3. The third kappa shape index (κ3) is 4.33. The minimum absolute atomic E-state index is 0.108. The fourth-order valence-electron chi connectivity index (χ4n) is 2.95. The van der Waals surface area contributed by atoms with E-state index in [1.165, 1.54) is 18.3 Å². The van der Waals surface area contributed by atoms with Gasteiger partial charge in [-0.2, -0.15) is 0 Å². The maximum atomic E-state index is 13.3. The van der Waals surface area contributed by atoms with Gasteiger partial charge >= 0.3 is 6.09 Å².